The number of esters is 1. The summed E-state index contributed by atoms with van der Waals surface area (Å²) in [6, 6.07) is 13.3. The van der Waals surface area contributed by atoms with Gasteiger partial charge in [-0.05, 0) is 31.2 Å². The minimum absolute atomic E-state index is 0.106. The highest BCUT2D eigenvalue weighted by atomic mass is 35.5. The lowest BCUT2D eigenvalue weighted by Gasteiger charge is -2.12. The summed E-state index contributed by atoms with van der Waals surface area (Å²) < 4.78 is 5.57. The molecule has 0 unspecified atom stereocenters. The van der Waals surface area contributed by atoms with Gasteiger partial charge in [-0.25, -0.2) is 9.78 Å². The number of pyridine rings is 2. The molecule has 27 heavy (non-hydrogen) atoms. The average Bonchev–Trinajstić information content (AvgIpc) is 2.64. The number of aromatic amines is 1. The summed E-state index contributed by atoms with van der Waals surface area (Å²) in [5.41, 5.74) is 1.38. The molecule has 0 spiro atoms. The fourth-order valence-corrected chi connectivity index (χ4v) is 3.46. The Bertz CT molecular complexity index is 1280. The van der Waals surface area contributed by atoms with Gasteiger partial charge in [0.25, 0.3) is 0 Å². The van der Waals surface area contributed by atoms with E-state index in [1.165, 1.54) is 12.1 Å². The zero-order valence-corrected chi connectivity index (χ0v) is 15.6. The molecule has 0 fully saturated rings. The van der Waals surface area contributed by atoms with Gasteiger partial charge in [-0.15, -0.1) is 0 Å². The molecule has 0 aliphatic heterocycles. The molecule has 0 saturated carbocycles. The van der Waals surface area contributed by atoms with E-state index in [9.17, 15) is 9.59 Å². The largest absolute Gasteiger partial charge is 0.419 e. The molecule has 2 heterocycles. The van der Waals surface area contributed by atoms with Crippen LogP contribution >= 0.6 is 23.2 Å². The number of hydrogen-bond donors (Lipinski definition) is 1. The van der Waals surface area contributed by atoms with E-state index < -0.39 is 11.5 Å². The van der Waals surface area contributed by atoms with Gasteiger partial charge in [0, 0.05) is 28.0 Å². The Morgan fingerprint density at radius 2 is 1.81 bits per heavy atom. The monoisotopic (exact) mass is 398 g/mol. The van der Waals surface area contributed by atoms with E-state index in [2.05, 4.69) is 9.97 Å². The van der Waals surface area contributed by atoms with E-state index in [1.807, 2.05) is 6.92 Å². The normalized spacial score (nSPS) is 11.1. The quantitative estimate of drug-likeness (QED) is 0.384. The summed E-state index contributed by atoms with van der Waals surface area (Å²) in [5, 5.41) is 1.75. The Morgan fingerprint density at radius 1 is 1.04 bits per heavy atom. The molecular formula is C20H12Cl2N2O3. The lowest BCUT2D eigenvalue weighted by Crippen LogP contribution is -2.15. The lowest BCUT2D eigenvalue weighted by atomic mass is 10.1. The fourth-order valence-electron chi connectivity index (χ4n) is 2.91. The zero-order chi connectivity index (χ0) is 19.1. The summed E-state index contributed by atoms with van der Waals surface area (Å²) in [5.74, 6) is -0.597. The van der Waals surface area contributed by atoms with Crippen LogP contribution in [-0.2, 0) is 0 Å². The summed E-state index contributed by atoms with van der Waals surface area (Å²) in [7, 11) is 0. The van der Waals surface area contributed by atoms with Gasteiger partial charge in [-0.2, -0.15) is 0 Å². The van der Waals surface area contributed by atoms with E-state index >= 15 is 0 Å². The molecule has 134 valence electrons. The van der Waals surface area contributed by atoms with Crippen LogP contribution in [0.1, 0.15) is 16.1 Å². The van der Waals surface area contributed by atoms with Crippen LogP contribution < -0.4 is 10.3 Å². The summed E-state index contributed by atoms with van der Waals surface area (Å²) in [4.78, 5) is 31.9. The van der Waals surface area contributed by atoms with E-state index in [-0.39, 0.29) is 16.3 Å². The molecule has 7 heteroatoms. The van der Waals surface area contributed by atoms with Crippen LogP contribution in [0.3, 0.4) is 0 Å². The summed E-state index contributed by atoms with van der Waals surface area (Å²) >= 11 is 12.5. The number of H-pyrrole nitrogens is 1. The van der Waals surface area contributed by atoms with Crippen molar-refractivity contribution >= 4 is 51.0 Å². The molecule has 0 saturated heterocycles. The maximum atomic E-state index is 12.9. The third-order valence-electron chi connectivity index (χ3n) is 4.14. The van der Waals surface area contributed by atoms with Crippen LogP contribution in [0.2, 0.25) is 10.0 Å². The van der Waals surface area contributed by atoms with Crippen molar-refractivity contribution in [3.8, 4) is 5.75 Å². The molecule has 0 radical (unpaired) electrons. The first-order valence-corrected chi connectivity index (χ1v) is 8.79. The second-order valence-electron chi connectivity index (χ2n) is 6.00. The number of nitrogens with one attached hydrogen (secondary N) is 1. The molecule has 1 N–H and O–H groups in total. The number of halogens is 2. The molecule has 0 bridgehead atoms. The Balaban J connectivity index is 1.88. The SMILES string of the molecule is Cc1ccc2c(Cl)cc(Cl)c(OC(=O)c3cc(=O)[nH]c4ccccc34)c2n1. The number of carbonyl (C=O) groups is 1. The second kappa shape index (κ2) is 6.68. The molecule has 0 atom stereocenters. The summed E-state index contributed by atoms with van der Waals surface area (Å²) in [6.07, 6.45) is 0. The van der Waals surface area contributed by atoms with Crippen molar-refractivity contribution in [2.24, 2.45) is 0 Å². The highest BCUT2D eigenvalue weighted by Crippen LogP contribution is 2.37. The Morgan fingerprint density at radius 3 is 2.63 bits per heavy atom. The first-order chi connectivity index (χ1) is 12.9. The fraction of sp³-hybridized carbons (Fsp3) is 0.0500. The van der Waals surface area contributed by atoms with Crippen LogP contribution in [0.4, 0.5) is 0 Å². The average molecular weight is 399 g/mol. The van der Waals surface area contributed by atoms with E-state index in [1.54, 1.807) is 36.4 Å². The van der Waals surface area contributed by atoms with Gasteiger partial charge in [0.1, 0.15) is 5.52 Å². The molecule has 2 aromatic carbocycles. The van der Waals surface area contributed by atoms with Crippen molar-refractivity contribution in [3.05, 3.63) is 80.2 Å². The molecule has 0 amide bonds. The van der Waals surface area contributed by atoms with E-state index in [0.717, 1.165) is 5.69 Å². The third-order valence-corrected chi connectivity index (χ3v) is 4.74. The van der Waals surface area contributed by atoms with Gasteiger partial charge < -0.3 is 9.72 Å². The van der Waals surface area contributed by atoms with Crippen molar-refractivity contribution in [2.45, 2.75) is 6.92 Å². The molecular weight excluding hydrogens is 387 g/mol. The standard InChI is InChI=1S/C20H12Cl2N2O3/c1-10-6-7-12-14(21)9-15(22)19(18(12)23-10)27-20(26)13-8-17(25)24-16-5-3-2-4-11(13)16/h2-9H,1H3,(H,24,25). The molecule has 4 rings (SSSR count). The molecule has 0 aliphatic rings. The van der Waals surface area contributed by atoms with Crippen LogP contribution in [-0.4, -0.2) is 15.9 Å². The smallest absolute Gasteiger partial charge is 0.344 e. The summed E-state index contributed by atoms with van der Waals surface area (Å²) in [6.45, 7) is 1.81. The predicted octanol–water partition coefficient (Wildman–Crippen LogP) is 4.91. The number of benzene rings is 2. The Kier molecular flexibility index (Phi) is 4.34. The first-order valence-electron chi connectivity index (χ1n) is 8.03. The minimum Gasteiger partial charge on any atom is -0.419 e. The number of nitrogens with zero attached hydrogens (tertiary/aromatic N) is 1. The zero-order valence-electron chi connectivity index (χ0n) is 14.0. The van der Waals surface area contributed by atoms with Crippen LogP contribution in [0.5, 0.6) is 5.75 Å². The highest BCUT2D eigenvalue weighted by Gasteiger charge is 2.19. The number of fused-ring (bicyclic) bond motifs is 2. The van der Waals surface area contributed by atoms with Crippen molar-refractivity contribution in [2.75, 3.05) is 0 Å². The topological polar surface area (TPSA) is 72.1 Å². The number of carbonyl (C=O) groups excluding carboxylic acids is 1. The number of hydrogen-bond acceptors (Lipinski definition) is 4. The van der Waals surface area contributed by atoms with Gasteiger partial charge in [-0.3, -0.25) is 4.79 Å². The Hall–Kier alpha value is -2.89. The van der Waals surface area contributed by atoms with Crippen LogP contribution in [0.25, 0.3) is 21.8 Å². The third kappa shape index (κ3) is 3.16. The lowest BCUT2D eigenvalue weighted by molar-refractivity contribution is 0.0738. The molecule has 2 aromatic heterocycles. The van der Waals surface area contributed by atoms with Crippen molar-refractivity contribution < 1.29 is 9.53 Å². The number of ether oxygens (including phenoxy) is 1. The minimum atomic E-state index is -0.703. The predicted molar refractivity (Wildman–Crippen MR) is 106 cm³/mol. The molecule has 5 nitrogen and oxygen atoms in total. The Labute approximate surface area is 163 Å². The number of aromatic nitrogens is 2. The van der Waals surface area contributed by atoms with Gasteiger partial charge >= 0.3 is 5.97 Å². The van der Waals surface area contributed by atoms with Crippen molar-refractivity contribution in [1.82, 2.24) is 9.97 Å². The number of para-hydroxylation sites is 1. The van der Waals surface area contributed by atoms with E-state index in [0.29, 0.717) is 26.8 Å². The molecule has 0 aliphatic carbocycles. The van der Waals surface area contributed by atoms with Crippen molar-refractivity contribution in [3.63, 3.8) is 0 Å². The maximum Gasteiger partial charge on any atom is 0.344 e. The van der Waals surface area contributed by atoms with Crippen molar-refractivity contribution in [1.29, 1.82) is 0 Å². The van der Waals surface area contributed by atoms with Gasteiger partial charge in [0.05, 0.1) is 15.6 Å². The van der Waals surface area contributed by atoms with Gasteiger partial charge in [0.15, 0.2) is 5.75 Å². The highest BCUT2D eigenvalue weighted by molar-refractivity contribution is 6.39. The number of aryl methyl sites for hydroxylation is 1. The first kappa shape index (κ1) is 17.5. The van der Waals surface area contributed by atoms with E-state index in [4.69, 9.17) is 27.9 Å². The number of rotatable bonds is 2. The van der Waals surface area contributed by atoms with Gasteiger partial charge in [0.2, 0.25) is 5.56 Å². The maximum absolute atomic E-state index is 12.9. The van der Waals surface area contributed by atoms with Gasteiger partial charge in [-0.1, -0.05) is 41.4 Å². The second-order valence-corrected chi connectivity index (χ2v) is 6.81. The van der Waals surface area contributed by atoms with Crippen LogP contribution in [0, 0.1) is 6.92 Å². The molecule has 4 aromatic rings. The van der Waals surface area contributed by atoms with Crippen LogP contribution in [0.15, 0.2) is 53.3 Å².